The first kappa shape index (κ1) is 17.6. The molecule has 27 heavy (non-hydrogen) atoms. The second kappa shape index (κ2) is 8.23. The number of carbonyl (C=O) groups is 1. The van der Waals surface area contributed by atoms with E-state index in [1.807, 2.05) is 53.4 Å². The molecule has 1 aliphatic heterocycles. The number of nitrogens with zero attached hydrogens (tertiary/aromatic N) is 1. The minimum atomic E-state index is -0.0349. The SMILES string of the molecule is O=C(NCc1ccccc1C[NH+]1CCCC1)c1cccc(-n2cccc2)c1. The highest BCUT2D eigenvalue weighted by molar-refractivity contribution is 5.94. The largest absolute Gasteiger partial charge is 0.348 e. The number of benzene rings is 2. The van der Waals surface area contributed by atoms with Crippen molar-refractivity contribution in [2.24, 2.45) is 0 Å². The fourth-order valence-electron chi connectivity index (χ4n) is 3.82. The molecule has 3 aromatic rings. The average molecular weight is 360 g/mol. The quantitative estimate of drug-likeness (QED) is 0.697. The van der Waals surface area contributed by atoms with Crippen molar-refractivity contribution in [1.82, 2.24) is 9.88 Å². The van der Waals surface area contributed by atoms with Crippen LogP contribution in [0.15, 0.2) is 73.1 Å². The average Bonchev–Trinajstić information content (AvgIpc) is 3.41. The van der Waals surface area contributed by atoms with Crippen molar-refractivity contribution in [1.29, 1.82) is 0 Å². The zero-order chi connectivity index (χ0) is 18.5. The first-order valence-corrected chi connectivity index (χ1v) is 9.71. The second-order valence-corrected chi connectivity index (χ2v) is 7.23. The Labute approximate surface area is 160 Å². The molecule has 0 aliphatic carbocycles. The van der Waals surface area contributed by atoms with Crippen LogP contribution in [0.2, 0.25) is 0 Å². The molecule has 0 saturated carbocycles. The number of aromatic nitrogens is 1. The predicted molar refractivity (Wildman–Crippen MR) is 107 cm³/mol. The van der Waals surface area contributed by atoms with Crippen LogP contribution in [0.1, 0.15) is 34.3 Å². The van der Waals surface area contributed by atoms with Crippen molar-refractivity contribution in [3.05, 3.63) is 89.7 Å². The second-order valence-electron chi connectivity index (χ2n) is 7.23. The molecule has 4 rings (SSSR count). The number of quaternary nitrogens is 1. The first-order chi connectivity index (χ1) is 13.3. The van der Waals surface area contributed by atoms with E-state index in [0.717, 1.165) is 12.2 Å². The van der Waals surface area contributed by atoms with E-state index in [1.165, 1.54) is 37.1 Å². The van der Waals surface area contributed by atoms with Gasteiger partial charge in [-0.25, -0.2) is 0 Å². The van der Waals surface area contributed by atoms with Crippen LogP contribution in [0, 0.1) is 0 Å². The minimum absolute atomic E-state index is 0.0349. The first-order valence-electron chi connectivity index (χ1n) is 9.71. The van der Waals surface area contributed by atoms with Gasteiger partial charge in [0, 0.05) is 48.6 Å². The monoisotopic (exact) mass is 360 g/mol. The van der Waals surface area contributed by atoms with Crippen molar-refractivity contribution < 1.29 is 9.69 Å². The molecule has 1 fully saturated rings. The summed E-state index contributed by atoms with van der Waals surface area (Å²) >= 11 is 0. The van der Waals surface area contributed by atoms with Crippen molar-refractivity contribution >= 4 is 5.91 Å². The van der Waals surface area contributed by atoms with Gasteiger partial charge >= 0.3 is 0 Å². The van der Waals surface area contributed by atoms with Gasteiger partial charge in [-0.3, -0.25) is 4.79 Å². The van der Waals surface area contributed by atoms with E-state index >= 15 is 0 Å². The molecule has 2 heterocycles. The Morgan fingerprint density at radius 2 is 1.67 bits per heavy atom. The summed E-state index contributed by atoms with van der Waals surface area (Å²) in [4.78, 5) is 14.3. The molecule has 1 amide bonds. The van der Waals surface area contributed by atoms with E-state index in [0.29, 0.717) is 12.1 Å². The van der Waals surface area contributed by atoms with E-state index in [1.54, 1.807) is 4.90 Å². The molecule has 4 heteroatoms. The maximum absolute atomic E-state index is 12.7. The van der Waals surface area contributed by atoms with Gasteiger partial charge in [0.15, 0.2) is 0 Å². The third-order valence-corrected chi connectivity index (χ3v) is 5.32. The van der Waals surface area contributed by atoms with Crippen LogP contribution in [0.4, 0.5) is 0 Å². The minimum Gasteiger partial charge on any atom is -0.348 e. The van der Waals surface area contributed by atoms with E-state index in [2.05, 4.69) is 29.6 Å². The van der Waals surface area contributed by atoms with Gasteiger partial charge in [0.1, 0.15) is 6.54 Å². The lowest BCUT2D eigenvalue weighted by molar-refractivity contribution is -0.901. The van der Waals surface area contributed by atoms with Crippen molar-refractivity contribution in [2.45, 2.75) is 25.9 Å². The number of hydrogen-bond acceptors (Lipinski definition) is 1. The summed E-state index contributed by atoms with van der Waals surface area (Å²) in [5.74, 6) is -0.0349. The van der Waals surface area contributed by atoms with E-state index in [9.17, 15) is 4.79 Å². The Balaban J connectivity index is 1.43. The molecular formula is C23H26N3O+. The zero-order valence-electron chi connectivity index (χ0n) is 15.5. The van der Waals surface area contributed by atoms with Gasteiger partial charge in [0.25, 0.3) is 5.91 Å². The molecule has 1 aliphatic rings. The molecule has 0 atom stereocenters. The molecule has 0 radical (unpaired) electrons. The third-order valence-electron chi connectivity index (χ3n) is 5.32. The van der Waals surface area contributed by atoms with Crippen molar-refractivity contribution in [2.75, 3.05) is 13.1 Å². The van der Waals surface area contributed by atoms with Gasteiger partial charge in [0.05, 0.1) is 13.1 Å². The van der Waals surface area contributed by atoms with Gasteiger partial charge in [-0.15, -0.1) is 0 Å². The van der Waals surface area contributed by atoms with Crippen LogP contribution < -0.4 is 10.2 Å². The van der Waals surface area contributed by atoms with Gasteiger partial charge in [-0.05, 0) is 35.9 Å². The van der Waals surface area contributed by atoms with Gasteiger partial charge in [-0.1, -0.05) is 30.3 Å². The van der Waals surface area contributed by atoms with E-state index in [4.69, 9.17) is 0 Å². The van der Waals surface area contributed by atoms with Gasteiger partial charge in [-0.2, -0.15) is 0 Å². The summed E-state index contributed by atoms with van der Waals surface area (Å²) in [5, 5.41) is 3.10. The summed E-state index contributed by atoms with van der Waals surface area (Å²) in [6, 6.07) is 20.1. The molecule has 138 valence electrons. The lowest BCUT2D eigenvalue weighted by Gasteiger charge is -2.15. The third kappa shape index (κ3) is 4.29. The topological polar surface area (TPSA) is 38.5 Å². The Hall–Kier alpha value is -2.85. The molecule has 4 nitrogen and oxygen atoms in total. The summed E-state index contributed by atoms with van der Waals surface area (Å²) in [5.41, 5.74) is 4.23. The molecule has 0 unspecified atom stereocenters. The highest BCUT2D eigenvalue weighted by Gasteiger charge is 2.17. The van der Waals surface area contributed by atoms with Crippen molar-refractivity contribution in [3.63, 3.8) is 0 Å². The summed E-state index contributed by atoms with van der Waals surface area (Å²) in [7, 11) is 0. The zero-order valence-corrected chi connectivity index (χ0v) is 15.5. The highest BCUT2D eigenvalue weighted by atomic mass is 16.1. The molecule has 2 aromatic carbocycles. The molecular weight excluding hydrogens is 334 g/mol. The number of rotatable bonds is 6. The molecule has 0 spiro atoms. The number of nitrogens with one attached hydrogen (secondary N) is 2. The summed E-state index contributed by atoms with van der Waals surface area (Å²) in [6.07, 6.45) is 6.61. The number of hydrogen-bond donors (Lipinski definition) is 2. The molecule has 0 bridgehead atoms. The maximum Gasteiger partial charge on any atom is 0.251 e. The number of likely N-dealkylation sites (tertiary alicyclic amines) is 1. The van der Waals surface area contributed by atoms with Gasteiger partial charge in [0.2, 0.25) is 0 Å². The number of amides is 1. The molecule has 2 N–H and O–H groups in total. The molecule has 1 aromatic heterocycles. The standard InChI is InChI=1S/C23H25N3O/c27-23(19-10-7-11-22(16-19)26-14-5-6-15-26)24-17-20-8-1-2-9-21(20)18-25-12-3-4-13-25/h1-2,5-11,14-16H,3-4,12-13,17-18H2,(H,24,27)/p+1. The maximum atomic E-state index is 12.7. The Morgan fingerprint density at radius 1 is 0.926 bits per heavy atom. The van der Waals surface area contributed by atoms with Crippen LogP contribution >= 0.6 is 0 Å². The van der Waals surface area contributed by atoms with Gasteiger partial charge < -0.3 is 14.8 Å². The summed E-state index contributed by atoms with van der Waals surface area (Å²) < 4.78 is 2.00. The van der Waals surface area contributed by atoms with E-state index < -0.39 is 0 Å². The summed E-state index contributed by atoms with van der Waals surface area (Å²) in [6.45, 7) is 4.13. The normalized spacial score (nSPS) is 14.4. The Kier molecular flexibility index (Phi) is 5.35. The molecule has 1 saturated heterocycles. The Bertz CT molecular complexity index is 896. The van der Waals surface area contributed by atoms with Crippen molar-refractivity contribution in [3.8, 4) is 5.69 Å². The smallest absolute Gasteiger partial charge is 0.251 e. The fraction of sp³-hybridized carbons (Fsp3) is 0.261. The Morgan fingerprint density at radius 3 is 2.44 bits per heavy atom. The number of carbonyl (C=O) groups excluding carboxylic acids is 1. The van der Waals surface area contributed by atoms with Crippen LogP contribution in [-0.4, -0.2) is 23.6 Å². The van der Waals surface area contributed by atoms with Crippen LogP contribution in [0.3, 0.4) is 0 Å². The van der Waals surface area contributed by atoms with Crippen LogP contribution in [-0.2, 0) is 13.1 Å². The lowest BCUT2D eigenvalue weighted by atomic mass is 10.1. The van der Waals surface area contributed by atoms with Crippen LogP contribution in [0.5, 0.6) is 0 Å². The fourth-order valence-corrected chi connectivity index (χ4v) is 3.82. The highest BCUT2D eigenvalue weighted by Crippen LogP contribution is 2.12. The van der Waals surface area contributed by atoms with E-state index in [-0.39, 0.29) is 5.91 Å². The van der Waals surface area contributed by atoms with Crippen LogP contribution in [0.25, 0.3) is 5.69 Å². The lowest BCUT2D eigenvalue weighted by Crippen LogP contribution is -3.08. The predicted octanol–water partition coefficient (Wildman–Crippen LogP) is 2.59.